The van der Waals surface area contributed by atoms with Crippen molar-refractivity contribution in [2.75, 3.05) is 0 Å². The van der Waals surface area contributed by atoms with Crippen LogP contribution in [0.5, 0.6) is 0 Å². The van der Waals surface area contributed by atoms with E-state index in [9.17, 15) is 18.3 Å². The minimum atomic E-state index is -4.13. The van der Waals surface area contributed by atoms with Crippen molar-refractivity contribution in [2.24, 2.45) is 0 Å². The molecule has 8 nitrogen and oxygen atoms in total. The van der Waals surface area contributed by atoms with E-state index < -0.39 is 34.4 Å². The molecule has 0 amide bonds. The maximum absolute atomic E-state index is 13.4. The number of nitrogens with one attached hydrogen (secondary N) is 1. The van der Waals surface area contributed by atoms with Gasteiger partial charge >= 0.3 is 5.97 Å². The monoisotopic (exact) mass is 481 g/mol. The van der Waals surface area contributed by atoms with E-state index in [4.69, 9.17) is 4.74 Å². The number of hydrogen-bond donors (Lipinski definition) is 2. The summed E-state index contributed by atoms with van der Waals surface area (Å²) < 4.78 is 33.3. The molecule has 1 saturated heterocycles. The number of hydrazine groups is 1. The van der Waals surface area contributed by atoms with Gasteiger partial charge in [0.1, 0.15) is 0 Å². The molecule has 2 N–H and O–H groups in total. The summed E-state index contributed by atoms with van der Waals surface area (Å²) in [5.74, 6) is -1.19. The Balaban J connectivity index is 1.59. The highest BCUT2D eigenvalue weighted by atomic mass is 32.2. The van der Waals surface area contributed by atoms with Gasteiger partial charge in [0.2, 0.25) is 4.34 Å². The Morgan fingerprint density at radius 1 is 0.939 bits per heavy atom. The normalized spacial score (nSPS) is 21.4. The van der Waals surface area contributed by atoms with Crippen LogP contribution in [0.3, 0.4) is 0 Å². The summed E-state index contributed by atoms with van der Waals surface area (Å²) in [7, 11) is -4.13. The number of hydrogen-bond acceptors (Lipinski definition) is 7. The molecule has 0 saturated carbocycles. The van der Waals surface area contributed by atoms with Gasteiger partial charge in [0.25, 0.3) is 10.0 Å². The lowest BCUT2D eigenvalue weighted by molar-refractivity contribution is -0.150. The van der Waals surface area contributed by atoms with Crippen molar-refractivity contribution in [1.82, 2.24) is 14.8 Å². The number of para-hydroxylation sites is 1. The first-order valence-electron chi connectivity index (χ1n) is 10.1. The van der Waals surface area contributed by atoms with E-state index in [0.29, 0.717) is 16.6 Å². The third kappa shape index (κ3) is 4.14. The number of nitrogens with zero attached hydrogens (tertiary/aromatic N) is 2. The van der Waals surface area contributed by atoms with Gasteiger partial charge in [-0.3, -0.25) is 0 Å². The minimum absolute atomic E-state index is 0.110. The van der Waals surface area contributed by atoms with E-state index >= 15 is 0 Å². The molecule has 168 valence electrons. The first-order valence-corrected chi connectivity index (χ1v) is 12.4. The van der Waals surface area contributed by atoms with E-state index in [2.05, 4.69) is 9.82 Å². The zero-order valence-corrected chi connectivity index (χ0v) is 18.7. The zero-order valence-electron chi connectivity index (χ0n) is 17.1. The Labute approximate surface area is 194 Å². The van der Waals surface area contributed by atoms with Gasteiger partial charge < -0.3 is 9.84 Å². The van der Waals surface area contributed by atoms with Crippen molar-refractivity contribution in [3.8, 4) is 0 Å². The SMILES string of the molecule is O=C(O)[C@@H]1O[C@@H](c2ccccc2)N(NS(=O)(=O)c2nc3ccccc3s2)[C@H]1c1ccccc1. The number of ether oxygens (including phenoxy) is 1. The lowest BCUT2D eigenvalue weighted by atomic mass is 10.0. The largest absolute Gasteiger partial charge is 0.479 e. The van der Waals surface area contributed by atoms with Crippen LogP contribution < -0.4 is 4.83 Å². The van der Waals surface area contributed by atoms with Crippen LogP contribution in [-0.2, 0) is 19.6 Å². The Bertz CT molecular complexity index is 1360. The fraction of sp³-hybridized carbons (Fsp3) is 0.130. The number of aliphatic carboxylic acids is 1. The predicted molar refractivity (Wildman–Crippen MR) is 123 cm³/mol. The number of fused-ring (bicyclic) bond motifs is 1. The van der Waals surface area contributed by atoms with E-state index in [1.807, 2.05) is 12.1 Å². The number of carboxylic acid groups (broad SMARTS) is 1. The van der Waals surface area contributed by atoms with Crippen molar-refractivity contribution in [3.63, 3.8) is 0 Å². The number of thiazole rings is 1. The molecule has 5 rings (SSSR count). The highest BCUT2D eigenvalue weighted by molar-refractivity contribution is 7.91. The molecule has 0 bridgehead atoms. The van der Waals surface area contributed by atoms with Gasteiger partial charge in [-0.1, -0.05) is 72.8 Å². The zero-order chi connectivity index (χ0) is 23.0. The molecular weight excluding hydrogens is 462 g/mol. The molecule has 0 unspecified atom stereocenters. The molecule has 10 heteroatoms. The van der Waals surface area contributed by atoms with Gasteiger partial charge in [0.05, 0.1) is 16.3 Å². The second kappa shape index (κ2) is 8.65. The fourth-order valence-corrected chi connectivity index (χ4v) is 6.16. The Morgan fingerprint density at radius 3 is 2.18 bits per heavy atom. The lowest BCUT2D eigenvalue weighted by Crippen LogP contribution is -2.44. The average Bonchev–Trinajstić information content (AvgIpc) is 3.43. The number of benzene rings is 3. The molecule has 1 aliphatic rings. The summed E-state index contributed by atoms with van der Waals surface area (Å²) in [5.41, 5.74) is 1.80. The maximum atomic E-state index is 13.4. The Hall–Kier alpha value is -3.15. The van der Waals surface area contributed by atoms with Crippen LogP contribution in [0.25, 0.3) is 10.2 Å². The number of carbonyl (C=O) groups is 1. The molecule has 0 spiro atoms. The molecule has 0 aliphatic carbocycles. The second-order valence-electron chi connectivity index (χ2n) is 7.46. The van der Waals surface area contributed by atoms with Crippen molar-refractivity contribution in [3.05, 3.63) is 96.1 Å². The number of sulfonamides is 1. The Kier molecular flexibility index (Phi) is 5.69. The molecule has 33 heavy (non-hydrogen) atoms. The summed E-state index contributed by atoms with van der Waals surface area (Å²) >= 11 is 1.04. The van der Waals surface area contributed by atoms with Crippen molar-refractivity contribution < 1.29 is 23.1 Å². The van der Waals surface area contributed by atoms with Gasteiger partial charge in [0.15, 0.2) is 12.3 Å². The van der Waals surface area contributed by atoms with Crippen LogP contribution in [0.4, 0.5) is 0 Å². The molecular formula is C23H19N3O5S2. The summed E-state index contributed by atoms with van der Waals surface area (Å²) in [6.07, 6.45) is -2.25. The molecule has 1 aromatic heterocycles. The van der Waals surface area contributed by atoms with Gasteiger partial charge in [-0.05, 0) is 23.3 Å². The first kappa shape index (κ1) is 21.7. The average molecular weight is 482 g/mol. The Morgan fingerprint density at radius 2 is 1.55 bits per heavy atom. The van der Waals surface area contributed by atoms with E-state index in [1.165, 1.54) is 5.01 Å². The van der Waals surface area contributed by atoms with Crippen LogP contribution in [0, 0.1) is 0 Å². The molecule has 3 atom stereocenters. The fourth-order valence-electron chi connectivity index (χ4n) is 3.85. The van der Waals surface area contributed by atoms with Gasteiger partial charge in [-0.25, -0.2) is 18.2 Å². The highest BCUT2D eigenvalue weighted by Crippen LogP contribution is 2.42. The summed E-state index contributed by atoms with van der Waals surface area (Å²) in [6.45, 7) is 0. The molecule has 3 aromatic carbocycles. The van der Waals surface area contributed by atoms with E-state index in [1.54, 1.807) is 72.8 Å². The standard InChI is InChI=1S/C23H19N3O5S2/c27-22(28)20-19(15-9-3-1-4-10-15)26(21(31-20)16-11-5-2-6-12-16)25-33(29,30)23-24-17-13-7-8-14-18(17)32-23/h1-14,19-21,25H,(H,27,28)/t19-,20+,21-/m0/s1. The highest BCUT2D eigenvalue weighted by Gasteiger charge is 2.49. The maximum Gasteiger partial charge on any atom is 0.334 e. The lowest BCUT2D eigenvalue weighted by Gasteiger charge is -2.28. The van der Waals surface area contributed by atoms with Crippen LogP contribution in [0.15, 0.2) is 89.3 Å². The molecule has 2 heterocycles. The third-order valence-electron chi connectivity index (χ3n) is 5.31. The van der Waals surface area contributed by atoms with Crippen molar-refractivity contribution in [1.29, 1.82) is 0 Å². The predicted octanol–water partition coefficient (Wildman–Crippen LogP) is 3.72. The van der Waals surface area contributed by atoms with Crippen LogP contribution >= 0.6 is 11.3 Å². The first-order chi connectivity index (χ1) is 15.9. The molecule has 0 radical (unpaired) electrons. The smallest absolute Gasteiger partial charge is 0.334 e. The number of aromatic nitrogens is 1. The van der Waals surface area contributed by atoms with Crippen molar-refractivity contribution in [2.45, 2.75) is 22.7 Å². The topological polar surface area (TPSA) is 109 Å². The minimum Gasteiger partial charge on any atom is -0.479 e. The van der Waals surface area contributed by atoms with Crippen LogP contribution in [-0.4, -0.2) is 35.6 Å². The summed E-state index contributed by atoms with van der Waals surface area (Å²) in [5, 5.41) is 11.3. The van der Waals surface area contributed by atoms with Crippen LogP contribution in [0.2, 0.25) is 0 Å². The van der Waals surface area contributed by atoms with E-state index in [-0.39, 0.29) is 4.34 Å². The van der Waals surface area contributed by atoms with Crippen LogP contribution in [0.1, 0.15) is 23.4 Å². The number of rotatable bonds is 6. The quantitative estimate of drug-likeness (QED) is 0.432. The number of carboxylic acids is 1. The summed E-state index contributed by atoms with van der Waals surface area (Å²) in [6, 6.07) is 24.0. The molecule has 1 fully saturated rings. The molecule has 1 aliphatic heterocycles. The summed E-state index contributed by atoms with van der Waals surface area (Å²) in [4.78, 5) is 19.0. The van der Waals surface area contributed by atoms with Gasteiger partial charge in [-0.2, -0.15) is 5.01 Å². The van der Waals surface area contributed by atoms with Gasteiger partial charge in [-0.15, -0.1) is 16.2 Å². The van der Waals surface area contributed by atoms with E-state index in [0.717, 1.165) is 16.0 Å². The second-order valence-corrected chi connectivity index (χ2v) is 10.3. The molecule has 4 aromatic rings. The third-order valence-corrected chi connectivity index (χ3v) is 8.06. The van der Waals surface area contributed by atoms with Gasteiger partial charge in [0, 0.05) is 0 Å². The van der Waals surface area contributed by atoms with Crippen molar-refractivity contribution >= 4 is 37.5 Å².